The summed E-state index contributed by atoms with van der Waals surface area (Å²) in [5, 5.41) is 8.85. The Balaban J connectivity index is 3.18. The quantitative estimate of drug-likeness (QED) is 0.722. The second-order valence-electron chi connectivity index (χ2n) is 2.53. The van der Waals surface area contributed by atoms with Crippen LogP contribution in [0.5, 0.6) is 0 Å². The molecule has 3 nitrogen and oxygen atoms in total. The van der Waals surface area contributed by atoms with Crippen molar-refractivity contribution >= 4 is 17.7 Å². The summed E-state index contributed by atoms with van der Waals surface area (Å²) in [4.78, 5) is 11.7. The Labute approximate surface area is 80.9 Å². The summed E-state index contributed by atoms with van der Waals surface area (Å²) in [5.41, 5.74) is 6.38. The molecule has 3 N–H and O–H groups in total. The van der Waals surface area contributed by atoms with Crippen LogP contribution in [0, 0.1) is 0 Å². The zero-order chi connectivity index (χ0) is 9.84. The molecular weight excluding hydrogens is 186 g/mol. The van der Waals surface area contributed by atoms with Crippen molar-refractivity contribution in [3.05, 3.63) is 29.3 Å². The molecule has 0 unspecified atom stereocenters. The molecule has 0 radical (unpaired) electrons. The predicted octanol–water partition coefficient (Wildman–Crippen LogP) is 1.57. The van der Waals surface area contributed by atoms with Gasteiger partial charge in [-0.2, -0.15) is 0 Å². The van der Waals surface area contributed by atoms with Crippen LogP contribution in [-0.2, 0) is 6.54 Å². The highest BCUT2D eigenvalue weighted by Gasteiger charge is 2.08. The lowest BCUT2D eigenvalue weighted by atomic mass is 10.1. The van der Waals surface area contributed by atoms with Gasteiger partial charge >= 0.3 is 5.97 Å². The van der Waals surface area contributed by atoms with Gasteiger partial charge in [-0.3, -0.25) is 0 Å². The molecule has 4 heteroatoms. The van der Waals surface area contributed by atoms with Crippen molar-refractivity contribution in [2.75, 3.05) is 6.26 Å². The number of hydrogen-bond acceptors (Lipinski definition) is 3. The molecule has 1 aromatic rings. The van der Waals surface area contributed by atoms with Crippen molar-refractivity contribution < 1.29 is 9.90 Å². The summed E-state index contributed by atoms with van der Waals surface area (Å²) in [6, 6.07) is 5.28. The number of thioether (sulfide) groups is 1. The standard InChI is InChI=1S/C9H11NO2S/c1-13-7-3-2-6(5-10)8(4-7)9(11)12/h2-4H,5,10H2,1H3,(H,11,12). The van der Waals surface area contributed by atoms with Crippen LogP contribution in [0.1, 0.15) is 15.9 Å². The Hall–Kier alpha value is -1.00. The molecule has 0 spiro atoms. The first-order chi connectivity index (χ1) is 6.19. The lowest BCUT2D eigenvalue weighted by molar-refractivity contribution is 0.0695. The van der Waals surface area contributed by atoms with E-state index in [9.17, 15) is 4.79 Å². The van der Waals surface area contributed by atoms with Crippen LogP contribution >= 0.6 is 11.8 Å². The van der Waals surface area contributed by atoms with Crippen LogP contribution in [-0.4, -0.2) is 17.3 Å². The van der Waals surface area contributed by atoms with Crippen molar-refractivity contribution in [2.45, 2.75) is 11.4 Å². The highest BCUT2D eigenvalue weighted by molar-refractivity contribution is 7.98. The number of carboxylic acid groups (broad SMARTS) is 1. The summed E-state index contributed by atoms with van der Waals surface area (Å²) in [7, 11) is 0. The second-order valence-corrected chi connectivity index (χ2v) is 3.41. The van der Waals surface area contributed by atoms with Gasteiger partial charge in [0.15, 0.2) is 0 Å². The first-order valence-corrected chi connectivity index (χ1v) is 5.01. The highest BCUT2D eigenvalue weighted by atomic mass is 32.2. The number of rotatable bonds is 3. The number of carboxylic acids is 1. The van der Waals surface area contributed by atoms with Crippen LogP contribution in [0.2, 0.25) is 0 Å². The average molecular weight is 197 g/mol. The summed E-state index contributed by atoms with van der Waals surface area (Å²) in [6.45, 7) is 0.260. The smallest absolute Gasteiger partial charge is 0.336 e. The van der Waals surface area contributed by atoms with E-state index in [0.29, 0.717) is 11.1 Å². The van der Waals surface area contributed by atoms with Crippen LogP contribution in [0.3, 0.4) is 0 Å². The summed E-state index contributed by atoms with van der Waals surface area (Å²) < 4.78 is 0. The van der Waals surface area contributed by atoms with Gasteiger partial charge in [0, 0.05) is 11.4 Å². The number of hydrogen-bond donors (Lipinski definition) is 2. The Kier molecular flexibility index (Phi) is 3.33. The first kappa shape index (κ1) is 10.1. The van der Waals surface area contributed by atoms with E-state index in [1.807, 2.05) is 12.3 Å². The van der Waals surface area contributed by atoms with Crippen molar-refractivity contribution in [1.82, 2.24) is 0 Å². The molecule has 0 amide bonds. The topological polar surface area (TPSA) is 63.3 Å². The number of nitrogens with two attached hydrogens (primary N) is 1. The van der Waals surface area contributed by atoms with Crippen molar-refractivity contribution in [2.24, 2.45) is 5.73 Å². The minimum Gasteiger partial charge on any atom is -0.478 e. The molecule has 0 fully saturated rings. The SMILES string of the molecule is CSc1ccc(CN)c(C(=O)O)c1. The van der Waals surface area contributed by atoms with Gasteiger partial charge in [0.1, 0.15) is 0 Å². The van der Waals surface area contributed by atoms with Gasteiger partial charge in [0.2, 0.25) is 0 Å². The molecule has 0 aliphatic carbocycles. The Morgan fingerprint density at radius 1 is 1.62 bits per heavy atom. The molecule has 0 atom stereocenters. The average Bonchev–Trinajstić information content (AvgIpc) is 2.16. The van der Waals surface area contributed by atoms with E-state index < -0.39 is 5.97 Å². The summed E-state index contributed by atoms with van der Waals surface area (Å²) in [6.07, 6.45) is 1.91. The molecule has 70 valence electrons. The Morgan fingerprint density at radius 3 is 2.77 bits per heavy atom. The van der Waals surface area contributed by atoms with Crippen molar-refractivity contribution in [1.29, 1.82) is 0 Å². The molecule has 0 aromatic heterocycles. The normalized spacial score (nSPS) is 10.0. The van der Waals surface area contributed by atoms with Crippen LogP contribution < -0.4 is 5.73 Å². The fourth-order valence-corrected chi connectivity index (χ4v) is 1.50. The second kappa shape index (κ2) is 4.30. The monoisotopic (exact) mass is 197 g/mol. The molecule has 13 heavy (non-hydrogen) atoms. The van der Waals surface area contributed by atoms with Gasteiger partial charge in [0.05, 0.1) is 5.56 Å². The third-order valence-electron chi connectivity index (χ3n) is 1.77. The zero-order valence-electron chi connectivity index (χ0n) is 7.28. The Bertz CT molecular complexity index is 325. The molecule has 0 saturated heterocycles. The molecular formula is C9H11NO2S. The summed E-state index contributed by atoms with van der Waals surface area (Å²) in [5.74, 6) is -0.920. The molecule has 0 aliphatic rings. The maximum atomic E-state index is 10.8. The van der Waals surface area contributed by atoms with E-state index in [0.717, 1.165) is 4.90 Å². The van der Waals surface area contributed by atoms with E-state index in [2.05, 4.69) is 0 Å². The van der Waals surface area contributed by atoms with Crippen LogP contribution in [0.25, 0.3) is 0 Å². The minimum atomic E-state index is -0.920. The predicted molar refractivity (Wildman–Crippen MR) is 53.1 cm³/mol. The molecule has 0 saturated carbocycles. The highest BCUT2D eigenvalue weighted by Crippen LogP contribution is 2.19. The van der Waals surface area contributed by atoms with E-state index in [1.54, 1.807) is 12.1 Å². The number of benzene rings is 1. The molecule has 0 aliphatic heterocycles. The first-order valence-electron chi connectivity index (χ1n) is 3.79. The maximum absolute atomic E-state index is 10.8. The fourth-order valence-electron chi connectivity index (χ4n) is 1.06. The van der Waals surface area contributed by atoms with Gasteiger partial charge in [-0.25, -0.2) is 4.79 Å². The van der Waals surface area contributed by atoms with Crippen molar-refractivity contribution in [3.63, 3.8) is 0 Å². The van der Waals surface area contributed by atoms with Crippen LogP contribution in [0.15, 0.2) is 23.1 Å². The molecule has 1 aromatic carbocycles. The van der Waals surface area contributed by atoms with E-state index in [1.165, 1.54) is 11.8 Å². The molecule has 1 rings (SSSR count). The minimum absolute atomic E-state index is 0.260. The largest absolute Gasteiger partial charge is 0.478 e. The third-order valence-corrected chi connectivity index (χ3v) is 2.49. The van der Waals surface area contributed by atoms with E-state index in [-0.39, 0.29) is 6.54 Å². The van der Waals surface area contributed by atoms with Crippen molar-refractivity contribution in [3.8, 4) is 0 Å². The maximum Gasteiger partial charge on any atom is 0.336 e. The lowest BCUT2D eigenvalue weighted by Gasteiger charge is -2.04. The van der Waals surface area contributed by atoms with Gasteiger partial charge in [-0.1, -0.05) is 6.07 Å². The summed E-state index contributed by atoms with van der Waals surface area (Å²) >= 11 is 1.52. The van der Waals surface area contributed by atoms with Crippen LogP contribution in [0.4, 0.5) is 0 Å². The van der Waals surface area contributed by atoms with Gasteiger partial charge in [0.25, 0.3) is 0 Å². The van der Waals surface area contributed by atoms with E-state index >= 15 is 0 Å². The lowest BCUT2D eigenvalue weighted by Crippen LogP contribution is -2.06. The third kappa shape index (κ3) is 2.23. The number of carbonyl (C=O) groups is 1. The van der Waals surface area contributed by atoms with Gasteiger partial charge in [-0.15, -0.1) is 11.8 Å². The van der Waals surface area contributed by atoms with Gasteiger partial charge in [-0.05, 0) is 24.0 Å². The number of aromatic carboxylic acids is 1. The Morgan fingerprint density at radius 2 is 2.31 bits per heavy atom. The zero-order valence-corrected chi connectivity index (χ0v) is 8.10. The molecule has 0 heterocycles. The van der Waals surface area contributed by atoms with Gasteiger partial charge < -0.3 is 10.8 Å². The van der Waals surface area contributed by atoms with E-state index in [4.69, 9.17) is 10.8 Å². The molecule has 0 bridgehead atoms. The fraction of sp³-hybridized carbons (Fsp3) is 0.222.